The van der Waals surface area contributed by atoms with Crippen molar-refractivity contribution >= 4 is 30.7 Å². The minimum absolute atomic E-state index is 0. The van der Waals surface area contributed by atoms with E-state index in [2.05, 4.69) is 5.32 Å². The Kier molecular flexibility index (Phi) is 9.27. The third-order valence-electron chi connectivity index (χ3n) is 2.66. The Labute approximate surface area is 145 Å². The number of hydrogen-bond acceptors (Lipinski definition) is 3. The number of amides is 1. The van der Waals surface area contributed by atoms with Crippen LogP contribution in [-0.4, -0.2) is 24.5 Å². The van der Waals surface area contributed by atoms with Crippen molar-refractivity contribution in [2.75, 3.05) is 6.54 Å². The number of halogens is 2. The maximum absolute atomic E-state index is 12.1. The van der Waals surface area contributed by atoms with Crippen molar-refractivity contribution in [3.05, 3.63) is 35.9 Å². The SMILES string of the molecule is Cl.Cl.[2H]C([2H])(CN)C([2H])([2H])CC(N)C(=O)N[C@@H](C)Cc1ccccc1. The first-order valence-corrected chi connectivity index (χ1v) is 6.39. The van der Waals surface area contributed by atoms with E-state index in [1.165, 1.54) is 0 Å². The highest BCUT2D eigenvalue weighted by atomic mass is 35.5. The Balaban J connectivity index is 0. The fourth-order valence-electron chi connectivity index (χ4n) is 1.72. The number of nitrogens with one attached hydrogen (secondary N) is 1. The molecule has 0 spiro atoms. The quantitative estimate of drug-likeness (QED) is 0.677. The van der Waals surface area contributed by atoms with Crippen molar-refractivity contribution in [3.8, 4) is 0 Å². The van der Waals surface area contributed by atoms with E-state index in [4.69, 9.17) is 17.0 Å². The van der Waals surface area contributed by atoms with Crippen LogP contribution in [0, 0.1) is 0 Å². The molecule has 0 saturated heterocycles. The van der Waals surface area contributed by atoms with Gasteiger partial charge in [0.15, 0.2) is 0 Å². The minimum atomic E-state index is -2.28. The molecule has 0 aromatic heterocycles. The van der Waals surface area contributed by atoms with Gasteiger partial charge in [-0.3, -0.25) is 4.79 Å². The molecule has 1 amide bonds. The Morgan fingerprint density at radius 2 is 1.90 bits per heavy atom. The molecule has 122 valence electrons. The van der Waals surface area contributed by atoms with Crippen LogP contribution in [0.25, 0.3) is 0 Å². The van der Waals surface area contributed by atoms with Gasteiger partial charge in [0.1, 0.15) is 0 Å². The standard InChI is InChI=1S/C15H25N3O.2ClH/c1-12(11-13-7-3-2-4-8-13)18-15(19)14(17)9-5-6-10-16;;/h2-4,7-8,12,14H,5-6,9-11,16-17H2,1H3,(H,18,19);2*1H/t12-,14?;;/m0../s1/i5D2,6D2;;. The lowest BCUT2D eigenvalue weighted by molar-refractivity contribution is -0.123. The monoisotopic (exact) mass is 339 g/mol. The Bertz CT molecular complexity index is 521. The average molecular weight is 340 g/mol. The summed E-state index contributed by atoms with van der Waals surface area (Å²) in [6.45, 7) is 1.37. The van der Waals surface area contributed by atoms with E-state index in [0.717, 1.165) is 5.56 Å². The lowest BCUT2D eigenvalue weighted by Crippen LogP contribution is -2.45. The predicted octanol–water partition coefficient (Wildman–Crippen LogP) is 2.03. The second-order valence-corrected chi connectivity index (χ2v) is 4.47. The molecular weight excluding hydrogens is 309 g/mol. The van der Waals surface area contributed by atoms with Gasteiger partial charge in [0.05, 0.1) is 6.04 Å². The van der Waals surface area contributed by atoms with E-state index in [-0.39, 0.29) is 30.9 Å². The van der Waals surface area contributed by atoms with Crippen LogP contribution in [0.2, 0.25) is 0 Å². The molecule has 1 unspecified atom stereocenters. The summed E-state index contributed by atoms with van der Waals surface area (Å²) in [7, 11) is 0. The van der Waals surface area contributed by atoms with Gasteiger partial charge < -0.3 is 16.8 Å². The summed E-state index contributed by atoms with van der Waals surface area (Å²) in [4.78, 5) is 12.1. The Hall–Kier alpha value is -0.810. The van der Waals surface area contributed by atoms with Crippen LogP contribution < -0.4 is 16.8 Å². The van der Waals surface area contributed by atoms with Gasteiger partial charge in [-0.2, -0.15) is 0 Å². The van der Waals surface area contributed by atoms with Crippen molar-refractivity contribution in [3.63, 3.8) is 0 Å². The van der Waals surface area contributed by atoms with Crippen LogP contribution >= 0.6 is 24.8 Å². The second kappa shape index (κ2) is 12.9. The summed E-state index contributed by atoms with van der Waals surface area (Å²) in [5.74, 6) is -0.495. The lowest BCUT2D eigenvalue weighted by Gasteiger charge is -2.17. The molecule has 0 aliphatic rings. The number of rotatable bonds is 8. The highest BCUT2D eigenvalue weighted by molar-refractivity contribution is 5.85. The molecular formula is C15H27Cl2N3O. The highest BCUT2D eigenvalue weighted by Crippen LogP contribution is 2.04. The van der Waals surface area contributed by atoms with Gasteiger partial charge in [0.25, 0.3) is 0 Å². The average Bonchev–Trinajstić information content (AvgIpc) is 2.47. The molecule has 0 bridgehead atoms. The van der Waals surface area contributed by atoms with E-state index in [9.17, 15) is 4.79 Å². The third-order valence-corrected chi connectivity index (χ3v) is 2.66. The molecule has 1 aromatic carbocycles. The van der Waals surface area contributed by atoms with Gasteiger partial charge in [0, 0.05) is 11.5 Å². The molecule has 5 N–H and O–H groups in total. The maximum atomic E-state index is 12.1. The van der Waals surface area contributed by atoms with Crippen LogP contribution in [0.1, 0.15) is 37.1 Å². The van der Waals surface area contributed by atoms with E-state index in [1.807, 2.05) is 37.3 Å². The van der Waals surface area contributed by atoms with E-state index >= 15 is 0 Å². The Morgan fingerprint density at radius 3 is 2.48 bits per heavy atom. The first kappa shape index (κ1) is 15.1. The van der Waals surface area contributed by atoms with Crippen LogP contribution in [0.4, 0.5) is 0 Å². The number of hydrogen-bond donors (Lipinski definition) is 3. The zero-order valence-electron chi connectivity index (χ0n) is 16.0. The molecule has 0 heterocycles. The van der Waals surface area contributed by atoms with Crippen molar-refractivity contribution in [1.82, 2.24) is 5.32 Å². The molecule has 1 rings (SSSR count). The summed E-state index contributed by atoms with van der Waals surface area (Å²) < 4.78 is 30.7. The first-order valence-electron chi connectivity index (χ1n) is 8.39. The third kappa shape index (κ3) is 9.69. The second-order valence-electron chi connectivity index (χ2n) is 4.47. The molecule has 0 aliphatic carbocycles. The summed E-state index contributed by atoms with van der Waals surface area (Å²) in [5, 5.41) is 2.74. The summed E-state index contributed by atoms with van der Waals surface area (Å²) in [6, 6.07) is 8.36. The molecule has 0 radical (unpaired) electrons. The topological polar surface area (TPSA) is 81.1 Å². The molecule has 21 heavy (non-hydrogen) atoms. The normalized spacial score (nSPS) is 16.7. The molecule has 0 saturated carbocycles. The molecule has 6 heteroatoms. The van der Waals surface area contributed by atoms with Gasteiger partial charge in [0.2, 0.25) is 5.91 Å². The fraction of sp³-hybridized carbons (Fsp3) is 0.533. The van der Waals surface area contributed by atoms with Crippen LogP contribution in [0.5, 0.6) is 0 Å². The summed E-state index contributed by atoms with van der Waals surface area (Å²) in [6.07, 6.45) is -4.31. The number of nitrogens with two attached hydrogens (primary N) is 2. The van der Waals surface area contributed by atoms with E-state index < -0.39 is 37.7 Å². The number of carbonyl (C=O) groups excluding carboxylic acids is 1. The minimum Gasteiger partial charge on any atom is -0.352 e. The van der Waals surface area contributed by atoms with E-state index in [0.29, 0.717) is 6.42 Å². The molecule has 4 nitrogen and oxygen atoms in total. The lowest BCUT2D eigenvalue weighted by atomic mass is 10.1. The zero-order chi connectivity index (χ0) is 17.7. The zero-order valence-corrected chi connectivity index (χ0v) is 13.7. The van der Waals surface area contributed by atoms with Crippen LogP contribution in [-0.2, 0) is 11.2 Å². The largest absolute Gasteiger partial charge is 0.352 e. The molecule has 1 aromatic rings. The summed E-state index contributed by atoms with van der Waals surface area (Å²) in [5.41, 5.74) is 12.1. The smallest absolute Gasteiger partial charge is 0.237 e. The van der Waals surface area contributed by atoms with Crippen molar-refractivity contribution < 1.29 is 10.3 Å². The van der Waals surface area contributed by atoms with Crippen LogP contribution in [0.15, 0.2) is 30.3 Å². The molecule has 0 fully saturated rings. The molecule has 0 aliphatic heterocycles. The highest BCUT2D eigenvalue weighted by Gasteiger charge is 2.15. The van der Waals surface area contributed by atoms with Gasteiger partial charge >= 0.3 is 0 Å². The molecule has 2 atom stereocenters. The van der Waals surface area contributed by atoms with Gasteiger partial charge in [-0.1, -0.05) is 36.7 Å². The van der Waals surface area contributed by atoms with Crippen molar-refractivity contribution in [1.29, 1.82) is 0 Å². The van der Waals surface area contributed by atoms with Crippen molar-refractivity contribution in [2.45, 2.75) is 44.6 Å². The van der Waals surface area contributed by atoms with Crippen molar-refractivity contribution in [2.24, 2.45) is 11.5 Å². The number of carbonyl (C=O) groups is 1. The summed E-state index contributed by atoms with van der Waals surface area (Å²) >= 11 is 0. The first-order chi connectivity index (χ1) is 10.6. The predicted molar refractivity (Wildman–Crippen MR) is 93.1 cm³/mol. The maximum Gasteiger partial charge on any atom is 0.237 e. The van der Waals surface area contributed by atoms with Gasteiger partial charge in [-0.25, -0.2) is 0 Å². The van der Waals surface area contributed by atoms with Crippen LogP contribution in [0.3, 0.4) is 0 Å². The van der Waals surface area contributed by atoms with Gasteiger partial charge in [-0.15, -0.1) is 24.8 Å². The van der Waals surface area contributed by atoms with E-state index in [1.54, 1.807) is 0 Å². The fourth-order valence-corrected chi connectivity index (χ4v) is 1.72. The van der Waals surface area contributed by atoms with Gasteiger partial charge in [-0.05, 0) is 38.2 Å². The Morgan fingerprint density at radius 1 is 1.29 bits per heavy atom. The number of benzene rings is 1.